The van der Waals surface area contributed by atoms with Gasteiger partial charge in [-0.15, -0.1) is 0 Å². The SMILES string of the molecule is NCc1ccc(OCC(=O)NCC2COCCO2)cc1. The molecule has 0 aliphatic carbocycles. The molecule has 0 aromatic heterocycles. The Balaban J connectivity index is 1.66. The van der Waals surface area contributed by atoms with E-state index in [2.05, 4.69) is 5.32 Å². The summed E-state index contributed by atoms with van der Waals surface area (Å²) in [5.41, 5.74) is 6.53. The lowest BCUT2D eigenvalue weighted by molar-refractivity contribution is -0.125. The van der Waals surface area contributed by atoms with E-state index in [4.69, 9.17) is 19.9 Å². The van der Waals surface area contributed by atoms with E-state index in [0.717, 1.165) is 5.56 Å². The Morgan fingerprint density at radius 3 is 2.80 bits per heavy atom. The highest BCUT2D eigenvalue weighted by Gasteiger charge is 2.15. The Labute approximate surface area is 118 Å². The molecule has 6 heteroatoms. The standard InChI is InChI=1S/C14H20N2O4/c15-7-11-1-3-12(4-2-11)20-10-14(17)16-8-13-9-18-5-6-19-13/h1-4,13H,5-10,15H2,(H,16,17). The van der Waals surface area contributed by atoms with E-state index in [9.17, 15) is 4.79 Å². The molecular weight excluding hydrogens is 260 g/mol. The number of hydrogen-bond acceptors (Lipinski definition) is 5. The van der Waals surface area contributed by atoms with Crippen LogP contribution in [0.15, 0.2) is 24.3 Å². The minimum absolute atomic E-state index is 0.0183. The highest BCUT2D eigenvalue weighted by Crippen LogP contribution is 2.11. The summed E-state index contributed by atoms with van der Waals surface area (Å²) in [6, 6.07) is 7.35. The summed E-state index contributed by atoms with van der Waals surface area (Å²) in [7, 11) is 0. The van der Waals surface area contributed by atoms with Gasteiger partial charge >= 0.3 is 0 Å². The van der Waals surface area contributed by atoms with Crippen LogP contribution in [0.4, 0.5) is 0 Å². The van der Waals surface area contributed by atoms with Crippen molar-refractivity contribution in [2.45, 2.75) is 12.6 Å². The van der Waals surface area contributed by atoms with Crippen molar-refractivity contribution in [2.75, 3.05) is 33.0 Å². The Morgan fingerprint density at radius 2 is 2.15 bits per heavy atom. The highest BCUT2D eigenvalue weighted by molar-refractivity contribution is 5.77. The average molecular weight is 280 g/mol. The van der Waals surface area contributed by atoms with Crippen molar-refractivity contribution < 1.29 is 19.0 Å². The van der Waals surface area contributed by atoms with E-state index in [1.165, 1.54) is 0 Å². The van der Waals surface area contributed by atoms with Crippen molar-refractivity contribution in [3.63, 3.8) is 0 Å². The van der Waals surface area contributed by atoms with Crippen molar-refractivity contribution in [3.05, 3.63) is 29.8 Å². The van der Waals surface area contributed by atoms with E-state index in [-0.39, 0.29) is 18.6 Å². The molecule has 1 aliphatic rings. The van der Waals surface area contributed by atoms with E-state index in [1.54, 1.807) is 12.1 Å². The minimum atomic E-state index is -0.179. The van der Waals surface area contributed by atoms with Gasteiger partial charge in [0.15, 0.2) is 6.61 Å². The van der Waals surface area contributed by atoms with Crippen molar-refractivity contribution in [3.8, 4) is 5.75 Å². The summed E-state index contributed by atoms with van der Waals surface area (Å²) in [5, 5.41) is 2.76. The number of carbonyl (C=O) groups is 1. The molecule has 1 aromatic carbocycles. The van der Waals surface area contributed by atoms with Gasteiger partial charge < -0.3 is 25.3 Å². The van der Waals surface area contributed by atoms with Crippen LogP contribution in [0, 0.1) is 0 Å². The van der Waals surface area contributed by atoms with E-state index in [0.29, 0.717) is 38.7 Å². The van der Waals surface area contributed by atoms with Crippen LogP contribution >= 0.6 is 0 Å². The molecule has 2 rings (SSSR count). The molecule has 1 amide bonds. The zero-order valence-corrected chi connectivity index (χ0v) is 11.3. The second-order valence-corrected chi connectivity index (χ2v) is 4.51. The van der Waals surface area contributed by atoms with E-state index >= 15 is 0 Å². The normalized spacial score (nSPS) is 18.6. The molecule has 0 spiro atoms. The smallest absolute Gasteiger partial charge is 0.258 e. The van der Waals surface area contributed by atoms with Gasteiger partial charge in [-0.3, -0.25) is 4.79 Å². The number of hydrogen-bond donors (Lipinski definition) is 2. The summed E-state index contributed by atoms with van der Waals surface area (Å²) in [5.74, 6) is 0.469. The lowest BCUT2D eigenvalue weighted by Gasteiger charge is -2.23. The van der Waals surface area contributed by atoms with Gasteiger partial charge in [0, 0.05) is 13.1 Å². The lowest BCUT2D eigenvalue weighted by Crippen LogP contribution is -2.41. The fraction of sp³-hybridized carbons (Fsp3) is 0.500. The average Bonchev–Trinajstić information content (AvgIpc) is 2.52. The fourth-order valence-electron chi connectivity index (χ4n) is 1.80. The molecule has 1 saturated heterocycles. The molecule has 0 saturated carbocycles. The molecule has 0 bridgehead atoms. The molecule has 1 fully saturated rings. The van der Waals surface area contributed by atoms with Gasteiger partial charge in [0.25, 0.3) is 5.91 Å². The Bertz CT molecular complexity index is 416. The Kier molecular flexibility index (Phi) is 5.79. The quantitative estimate of drug-likeness (QED) is 0.769. The van der Waals surface area contributed by atoms with Crippen molar-refractivity contribution in [1.82, 2.24) is 5.32 Å². The molecule has 1 unspecified atom stereocenters. The van der Waals surface area contributed by atoms with Gasteiger partial charge in [-0.2, -0.15) is 0 Å². The van der Waals surface area contributed by atoms with Crippen LogP contribution in [0.2, 0.25) is 0 Å². The Hall–Kier alpha value is -1.63. The number of benzene rings is 1. The number of nitrogens with one attached hydrogen (secondary N) is 1. The van der Waals surface area contributed by atoms with Crippen molar-refractivity contribution in [1.29, 1.82) is 0 Å². The second-order valence-electron chi connectivity index (χ2n) is 4.51. The van der Waals surface area contributed by atoms with Gasteiger partial charge in [0.05, 0.1) is 25.9 Å². The van der Waals surface area contributed by atoms with Crippen LogP contribution in [0.1, 0.15) is 5.56 Å². The van der Waals surface area contributed by atoms with Crippen LogP contribution in [0.3, 0.4) is 0 Å². The predicted octanol–water partition coefficient (Wildman–Crippen LogP) is 0.0557. The summed E-state index contributed by atoms with van der Waals surface area (Å²) < 4.78 is 16.1. The van der Waals surface area contributed by atoms with Gasteiger partial charge in [0.2, 0.25) is 0 Å². The molecule has 1 atom stereocenters. The molecule has 110 valence electrons. The zero-order valence-electron chi connectivity index (χ0n) is 11.3. The van der Waals surface area contributed by atoms with E-state index < -0.39 is 0 Å². The summed E-state index contributed by atoms with van der Waals surface area (Å²) in [6.45, 7) is 2.62. The number of nitrogens with two attached hydrogens (primary N) is 1. The molecule has 20 heavy (non-hydrogen) atoms. The molecule has 1 aliphatic heterocycles. The summed E-state index contributed by atoms with van der Waals surface area (Å²) >= 11 is 0. The fourth-order valence-corrected chi connectivity index (χ4v) is 1.80. The molecule has 6 nitrogen and oxygen atoms in total. The highest BCUT2D eigenvalue weighted by atomic mass is 16.6. The first-order valence-corrected chi connectivity index (χ1v) is 6.66. The van der Waals surface area contributed by atoms with E-state index in [1.807, 2.05) is 12.1 Å². The molecular formula is C14H20N2O4. The molecule has 3 N–H and O–H groups in total. The first kappa shape index (κ1) is 14.8. The molecule has 1 aromatic rings. The topological polar surface area (TPSA) is 82.8 Å². The second kappa shape index (κ2) is 7.84. The van der Waals surface area contributed by atoms with Crippen LogP contribution in [-0.4, -0.2) is 45.0 Å². The maximum atomic E-state index is 11.6. The molecule has 1 heterocycles. The van der Waals surface area contributed by atoms with Crippen LogP contribution < -0.4 is 15.8 Å². The number of ether oxygens (including phenoxy) is 3. The van der Waals surface area contributed by atoms with Crippen LogP contribution in [-0.2, 0) is 20.8 Å². The largest absolute Gasteiger partial charge is 0.484 e. The monoisotopic (exact) mass is 280 g/mol. The number of rotatable bonds is 6. The van der Waals surface area contributed by atoms with Crippen molar-refractivity contribution >= 4 is 5.91 Å². The lowest BCUT2D eigenvalue weighted by atomic mass is 10.2. The summed E-state index contributed by atoms with van der Waals surface area (Å²) in [4.78, 5) is 11.6. The number of carbonyl (C=O) groups excluding carboxylic acids is 1. The third-order valence-corrected chi connectivity index (χ3v) is 2.94. The first-order chi connectivity index (χ1) is 9.78. The van der Waals surface area contributed by atoms with Gasteiger partial charge in [-0.25, -0.2) is 0 Å². The van der Waals surface area contributed by atoms with Gasteiger partial charge in [-0.1, -0.05) is 12.1 Å². The number of amides is 1. The third-order valence-electron chi connectivity index (χ3n) is 2.94. The summed E-state index contributed by atoms with van der Waals surface area (Å²) in [6.07, 6.45) is -0.0727. The molecule has 0 radical (unpaired) electrons. The minimum Gasteiger partial charge on any atom is -0.484 e. The van der Waals surface area contributed by atoms with Gasteiger partial charge in [0.1, 0.15) is 5.75 Å². The third kappa shape index (κ3) is 4.80. The van der Waals surface area contributed by atoms with Crippen LogP contribution in [0.25, 0.3) is 0 Å². The van der Waals surface area contributed by atoms with Crippen LogP contribution in [0.5, 0.6) is 5.75 Å². The maximum Gasteiger partial charge on any atom is 0.258 e. The maximum absolute atomic E-state index is 11.6. The first-order valence-electron chi connectivity index (χ1n) is 6.66. The van der Waals surface area contributed by atoms with Gasteiger partial charge in [-0.05, 0) is 17.7 Å². The predicted molar refractivity (Wildman–Crippen MR) is 73.4 cm³/mol. The Morgan fingerprint density at radius 1 is 1.35 bits per heavy atom. The zero-order chi connectivity index (χ0) is 14.2. The van der Waals surface area contributed by atoms with Crippen molar-refractivity contribution in [2.24, 2.45) is 5.73 Å².